The lowest BCUT2D eigenvalue weighted by Crippen LogP contribution is -2.21. The summed E-state index contributed by atoms with van der Waals surface area (Å²) in [7, 11) is 0. The van der Waals surface area contributed by atoms with Crippen molar-refractivity contribution in [3.05, 3.63) is 59.7 Å². The zero-order valence-electron chi connectivity index (χ0n) is 13.2. The van der Waals surface area contributed by atoms with E-state index in [1.165, 1.54) is 20.9 Å². The third-order valence-electron chi connectivity index (χ3n) is 3.75. The van der Waals surface area contributed by atoms with Crippen molar-refractivity contribution in [3.8, 4) is 0 Å². The van der Waals surface area contributed by atoms with E-state index >= 15 is 0 Å². The molecule has 2 aromatic rings. The molecule has 112 valence electrons. The van der Waals surface area contributed by atoms with Gasteiger partial charge in [-0.1, -0.05) is 62.9 Å². The predicted molar refractivity (Wildman–Crippen MR) is 93.1 cm³/mol. The van der Waals surface area contributed by atoms with Crippen LogP contribution in [0.3, 0.4) is 0 Å². The van der Waals surface area contributed by atoms with E-state index in [1.54, 1.807) is 0 Å². The molecule has 1 nitrogen and oxygen atoms in total. The first-order valence-corrected chi connectivity index (χ1v) is 8.53. The van der Waals surface area contributed by atoms with Gasteiger partial charge in [0, 0.05) is 15.8 Å². The molecule has 2 N–H and O–H groups in total. The van der Waals surface area contributed by atoms with Gasteiger partial charge < -0.3 is 5.73 Å². The SMILES string of the molecule is CCC(N)Cc1ccccc1Sc1ccc(C(C)C)cc1. The van der Waals surface area contributed by atoms with Crippen molar-refractivity contribution in [2.45, 2.75) is 55.4 Å². The Labute approximate surface area is 133 Å². The van der Waals surface area contributed by atoms with E-state index in [2.05, 4.69) is 69.3 Å². The maximum absolute atomic E-state index is 6.11. The molecule has 0 aromatic heterocycles. The largest absolute Gasteiger partial charge is 0.327 e. The van der Waals surface area contributed by atoms with Gasteiger partial charge in [-0.3, -0.25) is 0 Å². The third kappa shape index (κ3) is 4.62. The zero-order valence-corrected chi connectivity index (χ0v) is 14.0. The topological polar surface area (TPSA) is 26.0 Å². The Morgan fingerprint density at radius 1 is 1.00 bits per heavy atom. The van der Waals surface area contributed by atoms with Crippen LogP contribution < -0.4 is 5.73 Å². The van der Waals surface area contributed by atoms with Crippen molar-refractivity contribution in [2.75, 3.05) is 0 Å². The lowest BCUT2D eigenvalue weighted by molar-refractivity contribution is 0.641. The highest BCUT2D eigenvalue weighted by molar-refractivity contribution is 7.99. The molecule has 2 heteroatoms. The number of benzene rings is 2. The zero-order chi connectivity index (χ0) is 15.2. The van der Waals surface area contributed by atoms with Crippen LogP contribution in [0.2, 0.25) is 0 Å². The first-order chi connectivity index (χ1) is 10.1. The van der Waals surface area contributed by atoms with Crippen LogP contribution in [0.5, 0.6) is 0 Å². The quantitative estimate of drug-likeness (QED) is 0.789. The Kier molecular flexibility index (Phi) is 5.89. The Morgan fingerprint density at radius 2 is 1.67 bits per heavy atom. The third-order valence-corrected chi connectivity index (χ3v) is 4.88. The highest BCUT2D eigenvalue weighted by atomic mass is 32.2. The maximum Gasteiger partial charge on any atom is 0.0154 e. The van der Waals surface area contributed by atoms with Crippen molar-refractivity contribution < 1.29 is 0 Å². The predicted octanol–water partition coefficient (Wildman–Crippen LogP) is 5.24. The molecule has 0 fully saturated rings. The highest BCUT2D eigenvalue weighted by Gasteiger charge is 2.08. The molecule has 0 bridgehead atoms. The molecule has 1 unspecified atom stereocenters. The average Bonchev–Trinajstić information content (AvgIpc) is 2.49. The smallest absolute Gasteiger partial charge is 0.0154 e. The molecule has 0 heterocycles. The molecular formula is C19H25NS. The van der Waals surface area contributed by atoms with E-state index in [4.69, 9.17) is 5.73 Å². The molecule has 0 saturated carbocycles. The number of hydrogen-bond donors (Lipinski definition) is 1. The van der Waals surface area contributed by atoms with Crippen molar-refractivity contribution in [3.63, 3.8) is 0 Å². The number of nitrogens with two attached hydrogens (primary N) is 1. The van der Waals surface area contributed by atoms with Gasteiger partial charge in [-0.15, -0.1) is 0 Å². The van der Waals surface area contributed by atoms with Crippen LogP contribution in [0.25, 0.3) is 0 Å². The minimum atomic E-state index is 0.245. The summed E-state index contributed by atoms with van der Waals surface area (Å²) in [5.41, 5.74) is 8.85. The molecule has 0 aliphatic rings. The molecule has 1 atom stereocenters. The molecular weight excluding hydrogens is 274 g/mol. The van der Waals surface area contributed by atoms with Crippen molar-refractivity contribution >= 4 is 11.8 Å². The van der Waals surface area contributed by atoms with Crippen LogP contribution in [0.15, 0.2) is 58.3 Å². The molecule has 0 aliphatic heterocycles. The number of hydrogen-bond acceptors (Lipinski definition) is 2. The standard InChI is InChI=1S/C19H25NS/c1-4-17(20)13-16-7-5-6-8-19(16)21-18-11-9-15(10-12-18)14(2)3/h5-12,14,17H,4,13,20H2,1-3H3. The second-order valence-corrected chi connectivity index (χ2v) is 6.92. The normalized spacial score (nSPS) is 12.6. The summed E-state index contributed by atoms with van der Waals surface area (Å²) < 4.78 is 0. The minimum Gasteiger partial charge on any atom is -0.327 e. The first kappa shape index (κ1) is 16.1. The van der Waals surface area contributed by atoms with Crippen molar-refractivity contribution in [1.29, 1.82) is 0 Å². The van der Waals surface area contributed by atoms with Gasteiger partial charge in [0.2, 0.25) is 0 Å². The summed E-state index contributed by atoms with van der Waals surface area (Å²) in [5.74, 6) is 0.582. The van der Waals surface area contributed by atoms with Gasteiger partial charge in [-0.25, -0.2) is 0 Å². The monoisotopic (exact) mass is 299 g/mol. The maximum atomic E-state index is 6.11. The van der Waals surface area contributed by atoms with Crippen LogP contribution in [0.1, 0.15) is 44.2 Å². The van der Waals surface area contributed by atoms with Crippen LogP contribution in [0.4, 0.5) is 0 Å². The van der Waals surface area contributed by atoms with Gasteiger partial charge in [0.05, 0.1) is 0 Å². The lowest BCUT2D eigenvalue weighted by Gasteiger charge is -2.13. The van der Waals surface area contributed by atoms with Gasteiger partial charge in [-0.05, 0) is 48.1 Å². The van der Waals surface area contributed by atoms with Gasteiger partial charge in [0.1, 0.15) is 0 Å². The Balaban J connectivity index is 2.15. The van der Waals surface area contributed by atoms with E-state index in [0.717, 1.165) is 12.8 Å². The second-order valence-electron chi connectivity index (χ2n) is 5.81. The average molecular weight is 299 g/mol. The molecule has 0 saturated heterocycles. The Morgan fingerprint density at radius 3 is 2.29 bits per heavy atom. The molecule has 0 amide bonds. The highest BCUT2D eigenvalue weighted by Crippen LogP contribution is 2.32. The first-order valence-electron chi connectivity index (χ1n) is 7.71. The van der Waals surface area contributed by atoms with Gasteiger partial charge in [-0.2, -0.15) is 0 Å². The van der Waals surface area contributed by atoms with Crippen molar-refractivity contribution in [2.24, 2.45) is 5.73 Å². The summed E-state index contributed by atoms with van der Waals surface area (Å²) in [6, 6.07) is 17.7. The molecule has 21 heavy (non-hydrogen) atoms. The molecule has 2 rings (SSSR count). The Hall–Kier alpha value is -1.25. The van der Waals surface area contributed by atoms with Gasteiger partial charge in [0.15, 0.2) is 0 Å². The van der Waals surface area contributed by atoms with Crippen LogP contribution in [-0.4, -0.2) is 6.04 Å². The summed E-state index contributed by atoms with van der Waals surface area (Å²) in [5, 5.41) is 0. The van der Waals surface area contributed by atoms with Gasteiger partial charge in [0.25, 0.3) is 0 Å². The lowest BCUT2D eigenvalue weighted by atomic mass is 10.0. The molecule has 0 aliphatic carbocycles. The second kappa shape index (κ2) is 7.67. The number of rotatable bonds is 6. The van der Waals surface area contributed by atoms with Crippen LogP contribution >= 0.6 is 11.8 Å². The Bertz CT molecular complexity index is 560. The van der Waals surface area contributed by atoms with E-state index in [9.17, 15) is 0 Å². The summed E-state index contributed by atoms with van der Waals surface area (Å²) in [6.07, 6.45) is 1.96. The van der Waals surface area contributed by atoms with E-state index < -0.39 is 0 Å². The van der Waals surface area contributed by atoms with Crippen molar-refractivity contribution in [1.82, 2.24) is 0 Å². The van der Waals surface area contributed by atoms with E-state index in [0.29, 0.717) is 5.92 Å². The molecule has 2 aromatic carbocycles. The summed E-state index contributed by atoms with van der Waals surface area (Å²) in [6.45, 7) is 6.60. The minimum absolute atomic E-state index is 0.245. The summed E-state index contributed by atoms with van der Waals surface area (Å²) >= 11 is 1.83. The van der Waals surface area contributed by atoms with Crippen LogP contribution in [0, 0.1) is 0 Å². The molecule has 0 spiro atoms. The van der Waals surface area contributed by atoms with E-state index in [-0.39, 0.29) is 6.04 Å². The van der Waals surface area contributed by atoms with E-state index in [1.807, 2.05) is 11.8 Å². The fourth-order valence-electron chi connectivity index (χ4n) is 2.25. The summed E-state index contributed by atoms with van der Waals surface area (Å²) in [4.78, 5) is 2.61. The fraction of sp³-hybridized carbons (Fsp3) is 0.368. The van der Waals surface area contributed by atoms with Crippen LogP contribution in [-0.2, 0) is 6.42 Å². The van der Waals surface area contributed by atoms with Gasteiger partial charge >= 0.3 is 0 Å². The molecule has 0 radical (unpaired) electrons. The fourth-order valence-corrected chi connectivity index (χ4v) is 3.20.